The number of benzene rings is 2. The lowest BCUT2D eigenvalue weighted by atomic mass is 9.90. The molecule has 2 aromatic rings. The fourth-order valence-corrected chi connectivity index (χ4v) is 2.91. The zero-order valence-electron chi connectivity index (χ0n) is 11.4. The third-order valence-corrected chi connectivity index (χ3v) is 4.02. The Morgan fingerprint density at radius 3 is 2.50 bits per heavy atom. The number of piperidine rings is 1. The maximum Gasteiger partial charge on any atom is 0.0991 e. The van der Waals surface area contributed by atoms with Crippen molar-refractivity contribution in [3.05, 3.63) is 47.5 Å². The molecule has 3 rings (SSSR count). The van der Waals surface area contributed by atoms with Crippen molar-refractivity contribution < 1.29 is 0 Å². The third kappa shape index (κ3) is 3.30. The first-order chi connectivity index (χ1) is 9.35. The number of halogens is 1. The Morgan fingerprint density at radius 1 is 1.05 bits per heavy atom. The molecule has 1 N–H and O–H groups in total. The van der Waals surface area contributed by atoms with Crippen molar-refractivity contribution >= 4 is 23.2 Å². The molecule has 0 aliphatic carbocycles. The van der Waals surface area contributed by atoms with Gasteiger partial charge < -0.3 is 5.32 Å². The van der Waals surface area contributed by atoms with Crippen molar-refractivity contribution in [2.75, 3.05) is 13.1 Å². The molecular formula is C17H19ClN2. The molecule has 0 unspecified atom stereocenters. The van der Waals surface area contributed by atoms with E-state index in [9.17, 15) is 0 Å². The minimum Gasteiger partial charge on any atom is -0.317 e. The van der Waals surface area contributed by atoms with E-state index in [1.807, 2.05) is 12.1 Å². The minimum absolute atomic E-state index is 0. The zero-order chi connectivity index (χ0) is 13.1. The monoisotopic (exact) mass is 286 g/mol. The molecule has 1 heterocycles. The standard InChI is InChI=1S/C17H18N2.ClH/c18-12-15-2-4-16-10-14(1-3-17(16)11-15)9-13-5-7-19-8-6-13;/h1-4,10-11,13,19H,5-9H2;1H. The molecule has 3 heteroatoms. The lowest BCUT2D eigenvalue weighted by molar-refractivity contribution is 0.373. The Hall–Kier alpha value is -1.56. The molecule has 20 heavy (non-hydrogen) atoms. The molecule has 0 bridgehead atoms. The van der Waals surface area contributed by atoms with Crippen LogP contribution in [0.1, 0.15) is 24.0 Å². The van der Waals surface area contributed by atoms with E-state index in [1.54, 1.807) is 0 Å². The third-order valence-electron chi connectivity index (χ3n) is 4.02. The van der Waals surface area contributed by atoms with Gasteiger partial charge in [-0.3, -0.25) is 0 Å². The molecule has 1 aliphatic rings. The number of nitriles is 1. The van der Waals surface area contributed by atoms with E-state index in [2.05, 4.69) is 35.7 Å². The molecule has 0 amide bonds. The average Bonchev–Trinajstić information content (AvgIpc) is 2.48. The van der Waals surface area contributed by atoms with Gasteiger partial charge in [0.25, 0.3) is 0 Å². The van der Waals surface area contributed by atoms with Crippen LogP contribution in [0.5, 0.6) is 0 Å². The molecule has 0 radical (unpaired) electrons. The van der Waals surface area contributed by atoms with Gasteiger partial charge in [0.2, 0.25) is 0 Å². The van der Waals surface area contributed by atoms with Gasteiger partial charge in [0.05, 0.1) is 11.6 Å². The van der Waals surface area contributed by atoms with Crippen LogP contribution in [0.2, 0.25) is 0 Å². The van der Waals surface area contributed by atoms with Crippen LogP contribution in [0.25, 0.3) is 10.8 Å². The summed E-state index contributed by atoms with van der Waals surface area (Å²) in [5, 5.41) is 14.7. The van der Waals surface area contributed by atoms with E-state index in [4.69, 9.17) is 5.26 Å². The van der Waals surface area contributed by atoms with Crippen molar-refractivity contribution in [1.82, 2.24) is 5.32 Å². The summed E-state index contributed by atoms with van der Waals surface area (Å²) in [4.78, 5) is 0. The van der Waals surface area contributed by atoms with Crippen molar-refractivity contribution in [2.24, 2.45) is 5.92 Å². The normalized spacial score (nSPS) is 15.6. The molecule has 2 nitrogen and oxygen atoms in total. The van der Waals surface area contributed by atoms with Crippen LogP contribution in [0.15, 0.2) is 36.4 Å². The number of fused-ring (bicyclic) bond motifs is 1. The number of nitrogens with zero attached hydrogens (tertiary/aromatic N) is 1. The topological polar surface area (TPSA) is 35.8 Å². The fourth-order valence-electron chi connectivity index (χ4n) is 2.91. The Morgan fingerprint density at radius 2 is 1.75 bits per heavy atom. The number of hydrogen-bond donors (Lipinski definition) is 1. The molecule has 2 aromatic carbocycles. The Kier molecular flexibility index (Phi) is 5.00. The highest BCUT2D eigenvalue weighted by Crippen LogP contribution is 2.22. The van der Waals surface area contributed by atoms with Crippen LogP contribution in [0.4, 0.5) is 0 Å². The van der Waals surface area contributed by atoms with Crippen LogP contribution in [0.3, 0.4) is 0 Å². The van der Waals surface area contributed by atoms with Crippen LogP contribution < -0.4 is 5.32 Å². The van der Waals surface area contributed by atoms with E-state index in [0.29, 0.717) is 0 Å². The summed E-state index contributed by atoms with van der Waals surface area (Å²) in [6, 6.07) is 14.7. The summed E-state index contributed by atoms with van der Waals surface area (Å²) < 4.78 is 0. The molecule has 0 saturated carbocycles. The first-order valence-electron chi connectivity index (χ1n) is 6.99. The first kappa shape index (κ1) is 14.8. The van der Waals surface area contributed by atoms with Crippen molar-refractivity contribution in [3.8, 4) is 6.07 Å². The first-order valence-corrected chi connectivity index (χ1v) is 6.99. The maximum atomic E-state index is 8.91. The number of hydrogen-bond acceptors (Lipinski definition) is 2. The van der Waals surface area contributed by atoms with E-state index in [1.165, 1.54) is 30.2 Å². The number of rotatable bonds is 2. The molecule has 1 saturated heterocycles. The Balaban J connectivity index is 0.00000147. The van der Waals surface area contributed by atoms with Crippen LogP contribution in [-0.2, 0) is 6.42 Å². The van der Waals surface area contributed by atoms with Gasteiger partial charge in [-0.15, -0.1) is 12.4 Å². The molecule has 1 aliphatic heterocycles. The molecule has 0 spiro atoms. The van der Waals surface area contributed by atoms with Crippen LogP contribution in [0, 0.1) is 17.2 Å². The van der Waals surface area contributed by atoms with Crippen molar-refractivity contribution in [3.63, 3.8) is 0 Å². The molecule has 0 atom stereocenters. The van der Waals surface area contributed by atoms with E-state index in [-0.39, 0.29) is 12.4 Å². The molecular weight excluding hydrogens is 268 g/mol. The highest BCUT2D eigenvalue weighted by molar-refractivity contribution is 5.85. The van der Waals surface area contributed by atoms with E-state index in [0.717, 1.165) is 30.0 Å². The van der Waals surface area contributed by atoms with Crippen molar-refractivity contribution in [1.29, 1.82) is 5.26 Å². The van der Waals surface area contributed by atoms with Crippen molar-refractivity contribution in [2.45, 2.75) is 19.3 Å². The molecule has 104 valence electrons. The summed E-state index contributed by atoms with van der Waals surface area (Å²) in [6.07, 6.45) is 3.74. The summed E-state index contributed by atoms with van der Waals surface area (Å²) in [7, 11) is 0. The molecule has 0 aromatic heterocycles. The van der Waals surface area contributed by atoms with Gasteiger partial charge in [-0.25, -0.2) is 0 Å². The lowest BCUT2D eigenvalue weighted by Crippen LogP contribution is -2.28. The summed E-state index contributed by atoms with van der Waals surface area (Å²) in [6.45, 7) is 2.31. The van der Waals surface area contributed by atoms with E-state index < -0.39 is 0 Å². The van der Waals surface area contributed by atoms with E-state index >= 15 is 0 Å². The Bertz CT molecular complexity index is 624. The smallest absolute Gasteiger partial charge is 0.0991 e. The van der Waals surface area contributed by atoms with Crippen LogP contribution in [-0.4, -0.2) is 13.1 Å². The van der Waals surface area contributed by atoms with Gasteiger partial charge in [-0.1, -0.05) is 24.3 Å². The SMILES string of the molecule is Cl.N#Cc1ccc2cc(CC3CCNCC3)ccc2c1. The fraction of sp³-hybridized carbons (Fsp3) is 0.353. The van der Waals surface area contributed by atoms with Gasteiger partial charge in [-0.05, 0) is 66.7 Å². The predicted molar refractivity (Wildman–Crippen MR) is 85.2 cm³/mol. The quantitative estimate of drug-likeness (QED) is 0.914. The lowest BCUT2D eigenvalue weighted by Gasteiger charge is -2.22. The van der Waals surface area contributed by atoms with Gasteiger partial charge in [0.15, 0.2) is 0 Å². The van der Waals surface area contributed by atoms with Gasteiger partial charge in [0, 0.05) is 0 Å². The van der Waals surface area contributed by atoms with Gasteiger partial charge in [0.1, 0.15) is 0 Å². The zero-order valence-corrected chi connectivity index (χ0v) is 12.2. The van der Waals surface area contributed by atoms with Crippen LogP contribution >= 0.6 is 12.4 Å². The summed E-state index contributed by atoms with van der Waals surface area (Å²) >= 11 is 0. The maximum absolute atomic E-state index is 8.91. The highest BCUT2D eigenvalue weighted by atomic mass is 35.5. The average molecular weight is 287 g/mol. The molecule has 1 fully saturated rings. The predicted octanol–water partition coefficient (Wildman–Crippen LogP) is 3.68. The Labute approximate surface area is 126 Å². The van der Waals surface area contributed by atoms with Gasteiger partial charge in [-0.2, -0.15) is 5.26 Å². The summed E-state index contributed by atoms with van der Waals surface area (Å²) in [5.74, 6) is 0.817. The second-order valence-electron chi connectivity index (χ2n) is 5.41. The largest absolute Gasteiger partial charge is 0.317 e. The minimum atomic E-state index is 0. The van der Waals surface area contributed by atoms with Gasteiger partial charge >= 0.3 is 0 Å². The second kappa shape index (κ2) is 6.74. The number of nitrogens with one attached hydrogen (secondary N) is 1. The summed E-state index contributed by atoms with van der Waals surface area (Å²) in [5.41, 5.74) is 2.16. The highest BCUT2D eigenvalue weighted by Gasteiger charge is 2.13. The second-order valence-corrected chi connectivity index (χ2v) is 5.41.